The summed E-state index contributed by atoms with van der Waals surface area (Å²) in [6.07, 6.45) is 0.304. The first-order valence-corrected chi connectivity index (χ1v) is 8.75. The number of hydrogen-bond acceptors (Lipinski definition) is 6. The summed E-state index contributed by atoms with van der Waals surface area (Å²) in [5, 5.41) is 20.7. The molecule has 2 heterocycles. The average molecular weight is 380 g/mol. The molecule has 0 spiro atoms. The van der Waals surface area contributed by atoms with Gasteiger partial charge in [0.15, 0.2) is 5.43 Å². The highest BCUT2D eigenvalue weighted by Crippen LogP contribution is 2.38. The monoisotopic (exact) mass is 380 g/mol. The van der Waals surface area contributed by atoms with Gasteiger partial charge < -0.3 is 14.4 Å². The smallest absolute Gasteiger partial charge is 0.290 e. The van der Waals surface area contributed by atoms with Gasteiger partial charge in [-0.2, -0.15) is 0 Å². The molecule has 2 aromatic carbocycles. The molecular formula is C20H16N2O6. The summed E-state index contributed by atoms with van der Waals surface area (Å²) in [6.45, 7) is 0.0494. The van der Waals surface area contributed by atoms with Crippen molar-refractivity contribution in [1.29, 1.82) is 0 Å². The maximum Gasteiger partial charge on any atom is 0.290 e. The van der Waals surface area contributed by atoms with E-state index in [0.717, 1.165) is 0 Å². The lowest BCUT2D eigenvalue weighted by atomic mass is 9.98. The Morgan fingerprint density at radius 3 is 2.68 bits per heavy atom. The maximum absolute atomic E-state index is 13.2. The maximum atomic E-state index is 13.2. The highest BCUT2D eigenvalue weighted by atomic mass is 16.6. The van der Waals surface area contributed by atoms with Gasteiger partial charge >= 0.3 is 0 Å². The highest BCUT2D eigenvalue weighted by Gasteiger charge is 2.42. The van der Waals surface area contributed by atoms with E-state index in [1.54, 1.807) is 30.3 Å². The van der Waals surface area contributed by atoms with Crippen molar-refractivity contribution in [2.75, 3.05) is 13.2 Å². The Morgan fingerprint density at radius 1 is 1.14 bits per heavy atom. The van der Waals surface area contributed by atoms with E-state index < -0.39 is 16.9 Å². The number of nitro groups is 1. The standard InChI is InChI=1S/C20H16N2O6/c23-10-4-9-21-17(12-5-3-6-13(11-12)22(26)27)16-18(24)14-7-1-2-8-15(14)28-19(16)20(21)25/h1-3,5-8,11,17,23H,4,9-10H2. The summed E-state index contributed by atoms with van der Waals surface area (Å²) in [5.74, 6) is -0.527. The van der Waals surface area contributed by atoms with Crippen molar-refractivity contribution in [3.63, 3.8) is 0 Å². The van der Waals surface area contributed by atoms with Crippen LogP contribution in [0.15, 0.2) is 57.7 Å². The number of rotatable bonds is 5. The highest BCUT2D eigenvalue weighted by molar-refractivity contribution is 5.99. The largest absolute Gasteiger partial charge is 0.450 e. The van der Waals surface area contributed by atoms with Gasteiger partial charge in [-0.15, -0.1) is 0 Å². The summed E-state index contributed by atoms with van der Waals surface area (Å²) in [4.78, 5) is 38.2. The number of amides is 1. The fourth-order valence-electron chi connectivity index (χ4n) is 3.59. The molecule has 142 valence electrons. The van der Waals surface area contributed by atoms with Crippen LogP contribution in [-0.4, -0.2) is 34.0 Å². The van der Waals surface area contributed by atoms with E-state index in [9.17, 15) is 24.8 Å². The number of hydrogen-bond donors (Lipinski definition) is 1. The van der Waals surface area contributed by atoms with Crippen LogP contribution in [0.2, 0.25) is 0 Å². The van der Waals surface area contributed by atoms with Crippen molar-refractivity contribution in [2.45, 2.75) is 12.5 Å². The number of benzene rings is 2. The third kappa shape index (κ3) is 2.74. The molecule has 1 aliphatic heterocycles. The lowest BCUT2D eigenvalue weighted by Gasteiger charge is -2.24. The molecule has 0 saturated heterocycles. The van der Waals surface area contributed by atoms with Crippen molar-refractivity contribution in [3.8, 4) is 0 Å². The third-order valence-corrected chi connectivity index (χ3v) is 4.83. The van der Waals surface area contributed by atoms with Crippen LogP contribution >= 0.6 is 0 Å². The number of fused-ring (bicyclic) bond motifs is 2. The minimum Gasteiger partial charge on any atom is -0.450 e. The predicted octanol–water partition coefficient (Wildman–Crippen LogP) is 2.63. The zero-order valence-corrected chi connectivity index (χ0v) is 14.7. The van der Waals surface area contributed by atoms with Crippen LogP contribution in [0.5, 0.6) is 0 Å². The molecule has 1 atom stereocenters. The Bertz CT molecular complexity index is 1150. The van der Waals surface area contributed by atoms with Gasteiger partial charge in [0, 0.05) is 25.3 Å². The second-order valence-corrected chi connectivity index (χ2v) is 6.50. The molecule has 8 heteroatoms. The lowest BCUT2D eigenvalue weighted by molar-refractivity contribution is -0.384. The normalized spacial score (nSPS) is 15.8. The molecule has 1 aromatic heterocycles. The molecule has 1 N–H and O–H groups in total. The first kappa shape index (κ1) is 17.9. The number of carbonyl (C=O) groups excluding carboxylic acids is 1. The Morgan fingerprint density at radius 2 is 1.93 bits per heavy atom. The zero-order chi connectivity index (χ0) is 19.8. The van der Waals surface area contributed by atoms with Gasteiger partial charge in [-0.1, -0.05) is 24.3 Å². The molecular weight excluding hydrogens is 364 g/mol. The molecule has 1 amide bonds. The van der Waals surface area contributed by atoms with Crippen molar-refractivity contribution in [2.24, 2.45) is 0 Å². The van der Waals surface area contributed by atoms with Gasteiger partial charge in [0.25, 0.3) is 11.6 Å². The van der Waals surface area contributed by atoms with Gasteiger partial charge in [-0.25, -0.2) is 0 Å². The number of nitrogens with zero attached hydrogens (tertiary/aromatic N) is 2. The number of carbonyl (C=O) groups is 1. The van der Waals surface area contributed by atoms with Crippen molar-refractivity contribution >= 4 is 22.6 Å². The van der Waals surface area contributed by atoms with Crippen LogP contribution in [-0.2, 0) is 0 Å². The number of para-hydroxylation sites is 1. The van der Waals surface area contributed by atoms with Crippen LogP contribution < -0.4 is 5.43 Å². The van der Waals surface area contributed by atoms with Crippen LogP contribution in [0.1, 0.15) is 34.1 Å². The van der Waals surface area contributed by atoms with Crippen LogP contribution in [0, 0.1) is 10.1 Å². The summed E-state index contributed by atoms with van der Waals surface area (Å²) in [6, 6.07) is 11.7. The molecule has 0 aliphatic carbocycles. The number of aliphatic hydroxyl groups is 1. The van der Waals surface area contributed by atoms with E-state index in [1.807, 2.05) is 0 Å². The van der Waals surface area contributed by atoms with Crippen molar-refractivity contribution in [1.82, 2.24) is 4.90 Å². The van der Waals surface area contributed by atoms with Crippen LogP contribution in [0.4, 0.5) is 5.69 Å². The molecule has 0 radical (unpaired) electrons. The molecule has 28 heavy (non-hydrogen) atoms. The van der Waals surface area contributed by atoms with E-state index in [-0.39, 0.29) is 35.6 Å². The Hall–Kier alpha value is -3.52. The minimum atomic E-state index is -0.810. The topological polar surface area (TPSA) is 114 Å². The SMILES string of the molecule is O=C1c2oc3ccccc3c(=O)c2C(c2cccc([N+](=O)[O-])c2)N1CCCO. The molecule has 8 nitrogen and oxygen atoms in total. The van der Waals surface area contributed by atoms with Gasteiger partial charge in [-0.05, 0) is 24.1 Å². The van der Waals surface area contributed by atoms with E-state index in [0.29, 0.717) is 23.0 Å². The third-order valence-electron chi connectivity index (χ3n) is 4.83. The number of nitro benzene ring substituents is 1. The molecule has 0 saturated carbocycles. The summed E-state index contributed by atoms with van der Waals surface area (Å²) >= 11 is 0. The fourth-order valence-corrected chi connectivity index (χ4v) is 3.59. The van der Waals surface area contributed by atoms with Gasteiger partial charge in [0.1, 0.15) is 5.58 Å². The first-order chi connectivity index (χ1) is 13.5. The summed E-state index contributed by atoms with van der Waals surface area (Å²) in [7, 11) is 0. The molecule has 4 rings (SSSR count). The van der Waals surface area contributed by atoms with E-state index in [4.69, 9.17) is 4.42 Å². The quantitative estimate of drug-likeness (QED) is 0.538. The Balaban J connectivity index is 1.96. The van der Waals surface area contributed by atoms with Crippen LogP contribution in [0.3, 0.4) is 0 Å². The van der Waals surface area contributed by atoms with Crippen LogP contribution in [0.25, 0.3) is 11.0 Å². The van der Waals surface area contributed by atoms with Crippen molar-refractivity contribution < 1.29 is 19.2 Å². The second-order valence-electron chi connectivity index (χ2n) is 6.50. The molecule has 1 unspecified atom stereocenters. The zero-order valence-electron chi connectivity index (χ0n) is 14.7. The number of aliphatic hydroxyl groups excluding tert-OH is 1. The lowest BCUT2D eigenvalue weighted by Crippen LogP contribution is -2.31. The molecule has 0 bridgehead atoms. The summed E-state index contributed by atoms with van der Waals surface area (Å²) < 4.78 is 5.75. The van der Waals surface area contributed by atoms with E-state index >= 15 is 0 Å². The Labute approximate surface area is 158 Å². The average Bonchev–Trinajstić information content (AvgIpc) is 2.99. The van der Waals surface area contributed by atoms with E-state index in [2.05, 4.69) is 0 Å². The minimum absolute atomic E-state index is 0.0573. The number of non-ortho nitro benzene ring substituents is 1. The second kappa shape index (κ2) is 6.90. The Kier molecular flexibility index (Phi) is 4.40. The molecule has 1 aliphatic rings. The van der Waals surface area contributed by atoms with Gasteiger partial charge in [0.2, 0.25) is 5.76 Å². The van der Waals surface area contributed by atoms with Crippen molar-refractivity contribution in [3.05, 3.63) is 85.8 Å². The summed E-state index contributed by atoms with van der Waals surface area (Å²) in [5.41, 5.74) is 0.448. The van der Waals surface area contributed by atoms with E-state index in [1.165, 1.54) is 23.1 Å². The first-order valence-electron chi connectivity index (χ1n) is 8.75. The van der Waals surface area contributed by atoms with Gasteiger partial charge in [-0.3, -0.25) is 19.7 Å². The van der Waals surface area contributed by atoms with Gasteiger partial charge in [0.05, 0.1) is 21.9 Å². The molecule has 0 fully saturated rings. The molecule has 3 aromatic rings. The predicted molar refractivity (Wildman–Crippen MR) is 100 cm³/mol. The fraction of sp³-hybridized carbons (Fsp3) is 0.200.